The number of aryl methyl sites for hydroxylation is 1. The van der Waals surface area contributed by atoms with Gasteiger partial charge in [-0.2, -0.15) is 15.1 Å². The summed E-state index contributed by atoms with van der Waals surface area (Å²) in [7, 11) is 0. The molecule has 0 unspecified atom stereocenters. The number of hydrogen-bond donors (Lipinski definition) is 4. The van der Waals surface area contributed by atoms with Crippen molar-refractivity contribution in [1.82, 2.24) is 25.1 Å². The van der Waals surface area contributed by atoms with Gasteiger partial charge in [-0.05, 0) is 38.1 Å². The van der Waals surface area contributed by atoms with Crippen LogP contribution in [-0.2, 0) is 0 Å². The molecular weight excluding hydrogens is 413 g/mol. The number of hydrogen-bond acceptors (Lipinski definition) is 7. The Morgan fingerprint density at radius 1 is 1.22 bits per heavy atom. The minimum Gasteiger partial charge on any atom is -0.421 e. The molecule has 1 aliphatic rings. The molecule has 164 valence electrons. The number of allylic oxidation sites excluding steroid dienone is 1. The first-order valence-electron chi connectivity index (χ1n) is 10.2. The number of nitrogens with one attached hydrogen (secondary N) is 3. The van der Waals surface area contributed by atoms with E-state index in [1.54, 1.807) is 24.3 Å². The molecule has 0 spiro atoms. The Balaban J connectivity index is 1.47. The van der Waals surface area contributed by atoms with Crippen molar-refractivity contribution in [1.29, 1.82) is 0 Å². The lowest BCUT2D eigenvalue weighted by Crippen LogP contribution is -2.51. The summed E-state index contributed by atoms with van der Waals surface area (Å²) in [6.07, 6.45) is 3.39. The number of nitrogens with zero attached hydrogens (tertiary/aromatic N) is 4. The monoisotopic (exact) mass is 435 g/mol. The van der Waals surface area contributed by atoms with Gasteiger partial charge in [-0.3, -0.25) is 5.10 Å². The lowest BCUT2D eigenvalue weighted by molar-refractivity contribution is 0.141. The molecule has 0 atom stereocenters. The molecule has 0 aliphatic carbocycles. The van der Waals surface area contributed by atoms with Crippen molar-refractivity contribution in [3.63, 3.8) is 0 Å². The van der Waals surface area contributed by atoms with Crippen molar-refractivity contribution in [2.75, 3.05) is 23.3 Å². The minimum absolute atomic E-state index is 0.0129. The lowest BCUT2D eigenvalue weighted by atomic mass is 10.2. The maximum absolute atomic E-state index is 15.0. The second kappa shape index (κ2) is 7.97. The van der Waals surface area contributed by atoms with Crippen LogP contribution in [0, 0.1) is 12.7 Å². The van der Waals surface area contributed by atoms with Gasteiger partial charge in [0.25, 0.3) is 0 Å². The van der Waals surface area contributed by atoms with Gasteiger partial charge < -0.3 is 25.0 Å². The van der Waals surface area contributed by atoms with E-state index < -0.39 is 11.9 Å². The van der Waals surface area contributed by atoms with Crippen LogP contribution in [0.25, 0.3) is 17.0 Å². The first kappa shape index (κ1) is 20.0. The van der Waals surface area contributed by atoms with Crippen molar-refractivity contribution in [2.45, 2.75) is 20.0 Å². The molecule has 9 nitrogen and oxygen atoms in total. The summed E-state index contributed by atoms with van der Waals surface area (Å²) in [5.74, 6) is 1.10. The number of H-pyrrole nitrogens is 2. The zero-order chi connectivity index (χ0) is 22.2. The summed E-state index contributed by atoms with van der Waals surface area (Å²) >= 11 is 0. The Labute approximate surface area is 183 Å². The number of β-amino-alcohol motifs (C(OH)–C–C–N with tert-alkyl or cyclic N) is 1. The SMILES string of the molecule is C/C=C/c1cc(Nc2cc(N3CC(O)C3)nc(Oc3ccc4[nH]c(C)cc4c3F)n2)n[nH]1. The molecular formula is C22H22FN7O2. The summed E-state index contributed by atoms with van der Waals surface area (Å²) in [5.41, 5.74) is 2.38. The van der Waals surface area contributed by atoms with Crippen LogP contribution in [0.2, 0.25) is 0 Å². The Hall–Kier alpha value is -3.92. The number of rotatable bonds is 6. The Bertz CT molecular complexity index is 1310. The topological polar surface area (TPSA) is 115 Å². The molecule has 1 fully saturated rings. The highest BCUT2D eigenvalue weighted by atomic mass is 19.1. The number of fused-ring (bicyclic) bond motifs is 1. The Morgan fingerprint density at radius 2 is 2.06 bits per heavy atom. The van der Waals surface area contributed by atoms with Crippen LogP contribution >= 0.6 is 0 Å². The average Bonchev–Trinajstić information content (AvgIpc) is 3.34. The van der Waals surface area contributed by atoms with Crippen molar-refractivity contribution in [3.05, 3.63) is 53.6 Å². The van der Waals surface area contributed by atoms with Gasteiger partial charge in [0.15, 0.2) is 17.4 Å². The molecule has 32 heavy (non-hydrogen) atoms. The van der Waals surface area contributed by atoms with Crippen molar-refractivity contribution in [3.8, 4) is 11.8 Å². The third kappa shape index (κ3) is 3.87. The summed E-state index contributed by atoms with van der Waals surface area (Å²) in [6.45, 7) is 4.68. The van der Waals surface area contributed by atoms with Crippen LogP contribution in [0.15, 0.2) is 36.4 Å². The smallest absolute Gasteiger partial charge is 0.326 e. The normalized spacial score (nSPS) is 14.3. The highest BCUT2D eigenvalue weighted by Crippen LogP contribution is 2.32. The highest BCUT2D eigenvalue weighted by Gasteiger charge is 2.27. The average molecular weight is 435 g/mol. The number of aliphatic hydroxyl groups excluding tert-OH is 1. The molecule has 0 bridgehead atoms. The van der Waals surface area contributed by atoms with Gasteiger partial charge in [-0.15, -0.1) is 0 Å². The van der Waals surface area contributed by atoms with Crippen molar-refractivity contribution in [2.24, 2.45) is 0 Å². The van der Waals surface area contributed by atoms with Gasteiger partial charge >= 0.3 is 6.01 Å². The van der Waals surface area contributed by atoms with Crippen LogP contribution in [0.4, 0.5) is 21.8 Å². The van der Waals surface area contributed by atoms with Crippen LogP contribution in [0.3, 0.4) is 0 Å². The van der Waals surface area contributed by atoms with E-state index in [-0.39, 0.29) is 11.8 Å². The van der Waals surface area contributed by atoms with E-state index in [0.29, 0.717) is 41.4 Å². The van der Waals surface area contributed by atoms with E-state index >= 15 is 0 Å². The van der Waals surface area contributed by atoms with Crippen molar-refractivity contribution < 1.29 is 14.2 Å². The lowest BCUT2D eigenvalue weighted by Gasteiger charge is -2.36. The molecule has 1 aliphatic heterocycles. The molecule has 5 rings (SSSR count). The quantitative estimate of drug-likeness (QED) is 0.363. The first-order chi connectivity index (χ1) is 15.5. The second-order valence-corrected chi connectivity index (χ2v) is 7.68. The number of halogens is 1. The number of anilines is 3. The zero-order valence-electron chi connectivity index (χ0n) is 17.6. The summed E-state index contributed by atoms with van der Waals surface area (Å²) in [5, 5.41) is 20.3. The van der Waals surface area contributed by atoms with Gasteiger partial charge in [-0.25, -0.2) is 4.39 Å². The molecule has 4 heterocycles. The van der Waals surface area contributed by atoms with E-state index in [1.807, 2.05) is 37.0 Å². The predicted octanol–water partition coefficient (Wildman–Crippen LogP) is 3.88. The molecule has 3 aromatic heterocycles. The van der Waals surface area contributed by atoms with Crippen LogP contribution in [-0.4, -0.2) is 49.4 Å². The van der Waals surface area contributed by atoms with E-state index in [4.69, 9.17) is 4.74 Å². The fourth-order valence-electron chi connectivity index (χ4n) is 3.59. The highest BCUT2D eigenvalue weighted by molar-refractivity contribution is 5.82. The Morgan fingerprint density at radius 3 is 2.84 bits per heavy atom. The first-order valence-corrected chi connectivity index (χ1v) is 10.2. The predicted molar refractivity (Wildman–Crippen MR) is 120 cm³/mol. The molecule has 0 amide bonds. The largest absolute Gasteiger partial charge is 0.421 e. The molecule has 4 N–H and O–H groups in total. The molecule has 1 aromatic carbocycles. The van der Waals surface area contributed by atoms with Gasteiger partial charge in [0.1, 0.15) is 11.6 Å². The second-order valence-electron chi connectivity index (χ2n) is 7.68. The van der Waals surface area contributed by atoms with Gasteiger partial charge in [0.2, 0.25) is 0 Å². The summed E-state index contributed by atoms with van der Waals surface area (Å²) in [6, 6.07) is 8.57. The van der Waals surface area contributed by atoms with Crippen LogP contribution in [0.5, 0.6) is 11.8 Å². The zero-order valence-corrected chi connectivity index (χ0v) is 17.6. The number of ether oxygens (including phenoxy) is 1. The van der Waals surface area contributed by atoms with Gasteiger partial charge in [0.05, 0.1) is 11.8 Å². The van der Waals surface area contributed by atoms with E-state index in [2.05, 4.69) is 30.5 Å². The number of aromatic amines is 2. The molecule has 10 heteroatoms. The van der Waals surface area contributed by atoms with Gasteiger partial charge in [0, 0.05) is 41.8 Å². The maximum atomic E-state index is 15.0. The number of aromatic nitrogens is 5. The molecule has 0 saturated carbocycles. The molecule has 0 radical (unpaired) electrons. The molecule has 4 aromatic rings. The molecule has 1 saturated heterocycles. The van der Waals surface area contributed by atoms with Gasteiger partial charge in [-0.1, -0.05) is 6.08 Å². The van der Waals surface area contributed by atoms with Crippen LogP contribution in [0.1, 0.15) is 18.3 Å². The summed E-state index contributed by atoms with van der Waals surface area (Å²) in [4.78, 5) is 13.8. The maximum Gasteiger partial charge on any atom is 0.326 e. The van der Waals surface area contributed by atoms with E-state index in [1.165, 1.54) is 0 Å². The van der Waals surface area contributed by atoms with E-state index in [9.17, 15) is 9.50 Å². The van der Waals surface area contributed by atoms with E-state index in [0.717, 1.165) is 11.4 Å². The fraction of sp³-hybridized carbons (Fsp3) is 0.227. The Kier molecular flexibility index (Phi) is 4.98. The fourth-order valence-corrected chi connectivity index (χ4v) is 3.59. The third-order valence-corrected chi connectivity index (χ3v) is 5.12. The summed E-state index contributed by atoms with van der Waals surface area (Å²) < 4.78 is 20.8. The number of aliphatic hydroxyl groups is 1. The standard InChI is InChI=1S/C22H22FN7O2/c1-3-4-13-8-19(29-28-13)25-18-9-20(30-10-14(31)11-30)27-22(26-18)32-17-6-5-16-15(21(17)23)7-12(2)24-16/h3-9,14,24,31H,10-11H2,1-2H3,(H2,25,26,27,28,29)/b4-3+. The third-order valence-electron chi connectivity index (χ3n) is 5.12. The van der Waals surface area contributed by atoms with Crippen molar-refractivity contribution >= 4 is 34.4 Å². The minimum atomic E-state index is -0.488. The van der Waals surface area contributed by atoms with Crippen LogP contribution < -0.4 is 15.0 Å². The number of benzene rings is 1.